The van der Waals surface area contributed by atoms with Crippen LogP contribution < -0.4 is 10.6 Å². The van der Waals surface area contributed by atoms with Crippen LogP contribution in [0.2, 0.25) is 0 Å². The number of carbonyl (C=O) groups is 1. The average Bonchev–Trinajstić information content (AvgIpc) is 2.71. The Bertz CT molecular complexity index is 515. The SMILES string of the molecule is CSC1OC(C(NC(=O)C2CC(OCCCF)CCN2)C(C)C)C(O)C(O)C1O. The number of aliphatic hydroxyl groups excluding tert-OH is 3. The number of amides is 1. The fourth-order valence-electron chi connectivity index (χ4n) is 3.80. The standard InChI is InChI=1S/C19H35FN2O6S/c1-10(2)13(17-15(24)14(23)16(25)19(28-17)29-3)22-18(26)12-9-11(5-7-21-12)27-8-4-6-20/h10-17,19,21,23-25H,4-9H2,1-3H3,(H,22,26). The molecule has 2 fully saturated rings. The molecule has 2 rings (SSSR count). The first-order chi connectivity index (χ1) is 13.8. The molecule has 10 heteroatoms. The molecular weight excluding hydrogens is 403 g/mol. The molecule has 1 amide bonds. The molecule has 0 aromatic carbocycles. The van der Waals surface area contributed by atoms with E-state index in [1.54, 1.807) is 6.26 Å². The van der Waals surface area contributed by atoms with Crippen LogP contribution >= 0.6 is 11.8 Å². The molecule has 2 saturated heterocycles. The van der Waals surface area contributed by atoms with Gasteiger partial charge in [-0.3, -0.25) is 9.18 Å². The average molecular weight is 439 g/mol. The molecule has 8 unspecified atom stereocenters. The monoisotopic (exact) mass is 438 g/mol. The van der Waals surface area contributed by atoms with E-state index in [0.29, 0.717) is 26.0 Å². The van der Waals surface area contributed by atoms with Gasteiger partial charge in [-0.1, -0.05) is 13.8 Å². The summed E-state index contributed by atoms with van der Waals surface area (Å²) in [5, 5.41) is 36.9. The van der Waals surface area contributed by atoms with Crippen LogP contribution in [-0.4, -0.2) is 95.3 Å². The number of aliphatic hydroxyl groups is 3. The molecule has 0 spiro atoms. The summed E-state index contributed by atoms with van der Waals surface area (Å²) >= 11 is 1.24. The topological polar surface area (TPSA) is 120 Å². The fourth-order valence-corrected chi connectivity index (χ4v) is 4.48. The highest BCUT2D eigenvalue weighted by Crippen LogP contribution is 2.30. The largest absolute Gasteiger partial charge is 0.388 e. The van der Waals surface area contributed by atoms with Crippen molar-refractivity contribution in [1.29, 1.82) is 0 Å². The third kappa shape index (κ3) is 6.49. The van der Waals surface area contributed by atoms with Crippen LogP contribution in [0.15, 0.2) is 0 Å². The van der Waals surface area contributed by atoms with Gasteiger partial charge in [-0.15, -0.1) is 11.8 Å². The smallest absolute Gasteiger partial charge is 0.237 e. The van der Waals surface area contributed by atoms with E-state index in [9.17, 15) is 24.5 Å². The summed E-state index contributed by atoms with van der Waals surface area (Å²) in [5.41, 5.74) is -0.697. The Balaban J connectivity index is 2.01. The molecule has 170 valence electrons. The predicted octanol–water partition coefficient (Wildman–Crippen LogP) is -0.205. The van der Waals surface area contributed by atoms with Crippen LogP contribution in [0.5, 0.6) is 0 Å². The van der Waals surface area contributed by atoms with Crippen molar-refractivity contribution in [2.24, 2.45) is 5.92 Å². The van der Waals surface area contributed by atoms with Crippen LogP contribution in [0.3, 0.4) is 0 Å². The van der Waals surface area contributed by atoms with E-state index in [4.69, 9.17) is 9.47 Å². The molecule has 0 radical (unpaired) electrons. The number of carbonyl (C=O) groups excluding carboxylic acids is 1. The van der Waals surface area contributed by atoms with Crippen molar-refractivity contribution in [2.45, 2.75) is 81.1 Å². The summed E-state index contributed by atoms with van der Waals surface area (Å²) < 4.78 is 23.8. The van der Waals surface area contributed by atoms with Gasteiger partial charge in [0.05, 0.1) is 24.9 Å². The summed E-state index contributed by atoms with van der Waals surface area (Å²) in [5.74, 6) is -0.316. The Kier molecular flexibility index (Phi) is 10.1. The zero-order valence-electron chi connectivity index (χ0n) is 17.3. The van der Waals surface area contributed by atoms with Crippen molar-refractivity contribution < 1.29 is 34.0 Å². The Labute approximate surface area is 175 Å². The predicted molar refractivity (Wildman–Crippen MR) is 108 cm³/mol. The molecule has 8 atom stereocenters. The number of hydrogen-bond acceptors (Lipinski definition) is 8. The first-order valence-corrected chi connectivity index (χ1v) is 11.5. The molecule has 0 aliphatic carbocycles. The lowest BCUT2D eigenvalue weighted by molar-refractivity contribution is -0.208. The maximum atomic E-state index is 12.9. The van der Waals surface area contributed by atoms with Crippen molar-refractivity contribution in [3.8, 4) is 0 Å². The van der Waals surface area contributed by atoms with Crippen LogP contribution in [0.4, 0.5) is 4.39 Å². The molecule has 0 saturated carbocycles. The summed E-state index contributed by atoms with van der Waals surface area (Å²) in [4.78, 5) is 12.9. The molecule has 2 aliphatic rings. The lowest BCUT2D eigenvalue weighted by Gasteiger charge is -2.44. The minimum atomic E-state index is -1.36. The Hall–Kier alpha value is -0.490. The van der Waals surface area contributed by atoms with E-state index in [1.165, 1.54) is 11.8 Å². The number of rotatable bonds is 9. The van der Waals surface area contributed by atoms with E-state index in [0.717, 1.165) is 6.42 Å². The summed E-state index contributed by atoms with van der Waals surface area (Å²) in [6.45, 7) is 4.31. The van der Waals surface area contributed by atoms with Crippen molar-refractivity contribution >= 4 is 17.7 Å². The van der Waals surface area contributed by atoms with Gasteiger partial charge in [-0.25, -0.2) is 0 Å². The molecule has 8 nitrogen and oxygen atoms in total. The lowest BCUT2D eigenvalue weighted by atomic mass is 9.88. The van der Waals surface area contributed by atoms with E-state index in [-0.39, 0.29) is 17.9 Å². The van der Waals surface area contributed by atoms with Gasteiger partial charge in [-0.05, 0) is 38.0 Å². The van der Waals surface area contributed by atoms with Crippen LogP contribution in [0, 0.1) is 5.92 Å². The quantitative estimate of drug-likeness (QED) is 0.314. The van der Waals surface area contributed by atoms with Crippen molar-refractivity contribution in [2.75, 3.05) is 26.1 Å². The molecule has 5 N–H and O–H groups in total. The van der Waals surface area contributed by atoms with Crippen molar-refractivity contribution in [3.05, 3.63) is 0 Å². The van der Waals surface area contributed by atoms with Crippen molar-refractivity contribution in [1.82, 2.24) is 10.6 Å². The maximum Gasteiger partial charge on any atom is 0.237 e. The summed E-state index contributed by atoms with van der Waals surface area (Å²) in [6.07, 6.45) is -1.52. The Morgan fingerprint density at radius 2 is 2.03 bits per heavy atom. The first-order valence-electron chi connectivity index (χ1n) is 10.2. The molecule has 29 heavy (non-hydrogen) atoms. The van der Waals surface area contributed by atoms with Gasteiger partial charge in [0.2, 0.25) is 5.91 Å². The first kappa shape index (κ1) is 24.8. The number of thioether (sulfide) groups is 1. The number of ether oxygens (including phenoxy) is 2. The van der Waals surface area contributed by atoms with Gasteiger partial charge in [0, 0.05) is 6.61 Å². The second-order valence-corrected chi connectivity index (χ2v) is 8.96. The van der Waals surface area contributed by atoms with E-state index in [1.807, 2.05) is 13.8 Å². The molecule has 0 aromatic heterocycles. The third-order valence-corrected chi connectivity index (χ3v) is 6.38. The second kappa shape index (κ2) is 11.8. The molecule has 2 heterocycles. The van der Waals surface area contributed by atoms with Crippen LogP contribution in [-0.2, 0) is 14.3 Å². The van der Waals surface area contributed by atoms with Crippen LogP contribution in [0.1, 0.15) is 33.1 Å². The summed E-state index contributed by atoms with van der Waals surface area (Å²) in [7, 11) is 0. The highest BCUT2D eigenvalue weighted by Gasteiger charge is 2.47. The minimum absolute atomic E-state index is 0.0799. The number of alkyl halides is 1. The molecule has 2 aliphatic heterocycles. The maximum absolute atomic E-state index is 12.9. The van der Waals surface area contributed by atoms with Crippen molar-refractivity contribution in [3.63, 3.8) is 0 Å². The van der Waals surface area contributed by atoms with E-state index < -0.39 is 48.6 Å². The lowest BCUT2D eigenvalue weighted by Crippen LogP contribution is -2.65. The molecular formula is C19H35FN2O6S. The van der Waals surface area contributed by atoms with Gasteiger partial charge < -0.3 is 35.4 Å². The Morgan fingerprint density at radius 1 is 1.31 bits per heavy atom. The van der Waals surface area contributed by atoms with Gasteiger partial charge in [0.15, 0.2) is 0 Å². The zero-order valence-corrected chi connectivity index (χ0v) is 18.1. The number of piperidine rings is 1. The van der Waals surface area contributed by atoms with Gasteiger partial charge >= 0.3 is 0 Å². The highest BCUT2D eigenvalue weighted by atomic mass is 32.2. The second-order valence-electron chi connectivity index (χ2n) is 8.02. The van der Waals surface area contributed by atoms with E-state index in [2.05, 4.69) is 10.6 Å². The van der Waals surface area contributed by atoms with E-state index >= 15 is 0 Å². The third-order valence-electron chi connectivity index (χ3n) is 5.52. The molecule has 0 aromatic rings. The van der Waals surface area contributed by atoms with Gasteiger partial charge in [-0.2, -0.15) is 0 Å². The highest BCUT2D eigenvalue weighted by molar-refractivity contribution is 7.99. The number of halogens is 1. The summed E-state index contributed by atoms with van der Waals surface area (Å²) in [6, 6.07) is -1.02. The number of hydrogen-bond donors (Lipinski definition) is 5. The Morgan fingerprint density at radius 3 is 2.66 bits per heavy atom. The number of nitrogens with one attached hydrogen (secondary N) is 2. The normalized spacial score (nSPS) is 36.8. The minimum Gasteiger partial charge on any atom is -0.388 e. The fraction of sp³-hybridized carbons (Fsp3) is 0.947. The van der Waals surface area contributed by atoms with Gasteiger partial charge in [0.1, 0.15) is 29.9 Å². The zero-order chi connectivity index (χ0) is 21.6. The van der Waals surface area contributed by atoms with Gasteiger partial charge in [0.25, 0.3) is 0 Å². The molecule has 0 bridgehead atoms. The van der Waals surface area contributed by atoms with Crippen LogP contribution in [0.25, 0.3) is 0 Å².